The fraction of sp³-hybridized carbons (Fsp3) is 0.385. The smallest absolute Gasteiger partial charge is 0.309 e. The predicted molar refractivity (Wildman–Crippen MR) is 68.3 cm³/mol. The highest BCUT2D eigenvalue weighted by molar-refractivity contribution is 6.33. The zero-order valence-corrected chi connectivity index (χ0v) is 11.0. The number of nitrogens with one attached hydrogen (secondary N) is 1. The summed E-state index contributed by atoms with van der Waals surface area (Å²) in [5, 5.41) is 2.54. The van der Waals surface area contributed by atoms with Crippen molar-refractivity contribution < 1.29 is 18.7 Å². The van der Waals surface area contributed by atoms with Crippen molar-refractivity contribution in [2.24, 2.45) is 11.8 Å². The van der Waals surface area contributed by atoms with Crippen molar-refractivity contribution >= 4 is 29.2 Å². The Bertz CT molecular complexity index is 521. The van der Waals surface area contributed by atoms with Gasteiger partial charge in [-0.3, -0.25) is 9.59 Å². The van der Waals surface area contributed by atoms with Crippen molar-refractivity contribution in [3.05, 3.63) is 29.0 Å². The van der Waals surface area contributed by atoms with E-state index in [0.29, 0.717) is 5.92 Å². The van der Waals surface area contributed by atoms with Crippen LogP contribution >= 0.6 is 11.6 Å². The second-order valence-corrected chi connectivity index (χ2v) is 5.01. The Kier molecular flexibility index (Phi) is 4.04. The molecule has 0 heterocycles. The van der Waals surface area contributed by atoms with Crippen molar-refractivity contribution in [1.29, 1.82) is 0 Å². The molecule has 1 aliphatic carbocycles. The number of carbonyl (C=O) groups is 2. The average Bonchev–Trinajstić information content (AvgIpc) is 3.07. The first kappa shape index (κ1) is 13.8. The molecule has 2 rings (SSSR count). The van der Waals surface area contributed by atoms with Gasteiger partial charge in [-0.15, -0.1) is 0 Å². The van der Waals surface area contributed by atoms with E-state index in [2.05, 4.69) is 5.32 Å². The number of hydrogen-bond acceptors (Lipinski definition) is 3. The molecule has 0 aromatic heterocycles. The van der Waals surface area contributed by atoms with Crippen molar-refractivity contribution in [1.82, 2.24) is 0 Å². The Morgan fingerprint density at radius 2 is 2.21 bits per heavy atom. The van der Waals surface area contributed by atoms with Crippen LogP contribution in [0, 0.1) is 17.7 Å². The third kappa shape index (κ3) is 3.67. The molecule has 6 heteroatoms. The summed E-state index contributed by atoms with van der Waals surface area (Å²) in [4.78, 5) is 22.9. The molecule has 0 spiro atoms. The minimum atomic E-state index is -0.504. The normalized spacial score (nSPS) is 20.8. The summed E-state index contributed by atoms with van der Waals surface area (Å²) in [7, 11) is 0. The van der Waals surface area contributed by atoms with E-state index in [1.54, 1.807) is 0 Å². The minimum Gasteiger partial charge on any atom is -0.455 e. The quantitative estimate of drug-likeness (QED) is 0.865. The van der Waals surface area contributed by atoms with Gasteiger partial charge in [-0.2, -0.15) is 0 Å². The molecule has 1 aliphatic rings. The third-order valence-electron chi connectivity index (χ3n) is 2.96. The van der Waals surface area contributed by atoms with E-state index >= 15 is 0 Å². The molecule has 1 saturated carbocycles. The fourth-order valence-electron chi connectivity index (χ4n) is 1.67. The number of halogens is 2. The second kappa shape index (κ2) is 5.57. The SMILES string of the molecule is CC1CC1C(=O)OCC(=O)Nc1ccc(F)cc1Cl. The molecule has 2 unspecified atom stereocenters. The van der Waals surface area contributed by atoms with Crippen LogP contribution in [0.5, 0.6) is 0 Å². The van der Waals surface area contributed by atoms with Crippen molar-refractivity contribution in [2.75, 3.05) is 11.9 Å². The summed E-state index contributed by atoms with van der Waals surface area (Å²) in [5.74, 6) is -1.09. The predicted octanol–water partition coefficient (Wildman–Crippen LogP) is 2.62. The molecule has 2 atom stereocenters. The van der Waals surface area contributed by atoms with Gasteiger partial charge in [-0.1, -0.05) is 18.5 Å². The van der Waals surface area contributed by atoms with E-state index in [1.807, 2.05) is 6.92 Å². The maximum absolute atomic E-state index is 12.8. The summed E-state index contributed by atoms with van der Waals surface area (Å²) in [6.45, 7) is 1.58. The Morgan fingerprint density at radius 1 is 1.53 bits per heavy atom. The van der Waals surface area contributed by atoms with Crippen LogP contribution in [0.2, 0.25) is 5.02 Å². The molecule has 4 nitrogen and oxygen atoms in total. The van der Waals surface area contributed by atoms with Crippen molar-refractivity contribution in [3.63, 3.8) is 0 Å². The fourth-order valence-corrected chi connectivity index (χ4v) is 1.89. The Morgan fingerprint density at radius 3 is 2.79 bits per heavy atom. The van der Waals surface area contributed by atoms with Gasteiger partial charge in [-0.25, -0.2) is 4.39 Å². The summed E-state index contributed by atoms with van der Waals surface area (Å²) in [6.07, 6.45) is 0.810. The average molecular weight is 286 g/mol. The van der Waals surface area contributed by atoms with E-state index in [1.165, 1.54) is 12.1 Å². The van der Waals surface area contributed by atoms with Gasteiger partial charge in [0.05, 0.1) is 16.6 Å². The van der Waals surface area contributed by atoms with Crippen LogP contribution in [0.1, 0.15) is 13.3 Å². The van der Waals surface area contributed by atoms with E-state index in [-0.39, 0.29) is 29.2 Å². The Balaban J connectivity index is 1.82. The first-order valence-corrected chi connectivity index (χ1v) is 6.26. The maximum Gasteiger partial charge on any atom is 0.309 e. The van der Waals surface area contributed by atoms with Crippen LogP contribution in [0.25, 0.3) is 0 Å². The number of esters is 1. The molecular formula is C13H13ClFNO3. The summed E-state index contributed by atoms with van der Waals surface area (Å²) < 4.78 is 17.7. The lowest BCUT2D eigenvalue weighted by Gasteiger charge is -2.07. The Hall–Kier alpha value is -1.62. The first-order valence-electron chi connectivity index (χ1n) is 5.89. The number of anilines is 1. The molecule has 0 aliphatic heterocycles. The highest BCUT2D eigenvalue weighted by Crippen LogP contribution is 2.38. The van der Waals surface area contributed by atoms with Gasteiger partial charge in [0.25, 0.3) is 5.91 Å². The van der Waals surface area contributed by atoms with Gasteiger partial charge < -0.3 is 10.1 Å². The third-order valence-corrected chi connectivity index (χ3v) is 3.28. The van der Waals surface area contributed by atoms with Gasteiger partial charge in [0.2, 0.25) is 0 Å². The molecule has 1 aromatic carbocycles. The lowest BCUT2D eigenvalue weighted by molar-refractivity contribution is -0.148. The van der Waals surface area contributed by atoms with Gasteiger partial charge in [0.15, 0.2) is 6.61 Å². The van der Waals surface area contributed by atoms with Crippen LogP contribution in [0.4, 0.5) is 10.1 Å². The molecule has 19 heavy (non-hydrogen) atoms. The van der Waals surface area contributed by atoms with Crippen LogP contribution in [-0.2, 0) is 14.3 Å². The number of carbonyl (C=O) groups excluding carboxylic acids is 2. The number of rotatable bonds is 4. The standard InChI is InChI=1S/C13H13ClFNO3/c1-7-4-9(7)13(18)19-6-12(17)16-11-3-2-8(15)5-10(11)14/h2-3,5,7,9H,4,6H2,1H3,(H,16,17). The van der Waals surface area contributed by atoms with Crippen molar-refractivity contribution in [2.45, 2.75) is 13.3 Å². The Labute approximate surface area is 114 Å². The molecular weight excluding hydrogens is 273 g/mol. The second-order valence-electron chi connectivity index (χ2n) is 4.60. The summed E-state index contributed by atoms with van der Waals surface area (Å²) >= 11 is 5.75. The topological polar surface area (TPSA) is 55.4 Å². The highest BCUT2D eigenvalue weighted by Gasteiger charge is 2.40. The van der Waals surface area contributed by atoms with Crippen molar-refractivity contribution in [3.8, 4) is 0 Å². The lowest BCUT2D eigenvalue weighted by Crippen LogP contribution is -2.21. The largest absolute Gasteiger partial charge is 0.455 e. The first-order chi connectivity index (χ1) is 8.97. The van der Waals surface area contributed by atoms with E-state index in [0.717, 1.165) is 12.5 Å². The van der Waals surface area contributed by atoms with Gasteiger partial charge in [-0.05, 0) is 30.5 Å². The molecule has 1 amide bonds. The minimum absolute atomic E-state index is 0.0813. The molecule has 1 N–H and O–H groups in total. The van der Waals surface area contributed by atoms with E-state index < -0.39 is 11.7 Å². The highest BCUT2D eigenvalue weighted by atomic mass is 35.5. The molecule has 0 saturated heterocycles. The summed E-state index contributed by atoms with van der Waals surface area (Å²) in [6, 6.07) is 3.62. The zero-order chi connectivity index (χ0) is 14.0. The van der Waals surface area contributed by atoms with E-state index in [9.17, 15) is 14.0 Å². The zero-order valence-electron chi connectivity index (χ0n) is 10.3. The van der Waals surface area contributed by atoms with Gasteiger partial charge in [0.1, 0.15) is 5.82 Å². The molecule has 1 fully saturated rings. The van der Waals surface area contributed by atoms with Crippen LogP contribution in [0.15, 0.2) is 18.2 Å². The van der Waals surface area contributed by atoms with Gasteiger partial charge in [0, 0.05) is 0 Å². The van der Waals surface area contributed by atoms with Crippen LogP contribution in [-0.4, -0.2) is 18.5 Å². The monoisotopic (exact) mass is 285 g/mol. The van der Waals surface area contributed by atoms with Gasteiger partial charge >= 0.3 is 5.97 Å². The molecule has 0 radical (unpaired) electrons. The maximum atomic E-state index is 12.8. The molecule has 1 aromatic rings. The molecule has 0 bridgehead atoms. The van der Waals surface area contributed by atoms with Crippen LogP contribution in [0.3, 0.4) is 0 Å². The summed E-state index contributed by atoms with van der Waals surface area (Å²) in [5.41, 5.74) is 0.281. The van der Waals surface area contributed by atoms with E-state index in [4.69, 9.17) is 16.3 Å². The number of ether oxygens (including phenoxy) is 1. The number of hydrogen-bond donors (Lipinski definition) is 1. The van der Waals surface area contributed by atoms with Crippen LogP contribution < -0.4 is 5.32 Å². The molecule has 102 valence electrons. The lowest BCUT2D eigenvalue weighted by atomic mass is 10.3. The number of benzene rings is 1. The number of amides is 1.